The van der Waals surface area contributed by atoms with E-state index in [1.807, 2.05) is 48.2 Å². The smallest absolute Gasteiger partial charge is 0.249 e. The first-order valence-corrected chi connectivity index (χ1v) is 10.0. The number of Topliss-reactive ketones (excluding diaryl/α,β-unsaturated/α-hetero) is 1. The molecule has 0 N–H and O–H groups in total. The molecule has 0 spiro atoms. The van der Waals surface area contributed by atoms with Gasteiger partial charge in [0, 0.05) is 37.3 Å². The number of carbonyl (C=O) groups is 2. The Hall–Kier alpha value is -2.92. The van der Waals surface area contributed by atoms with Crippen molar-refractivity contribution in [3.8, 4) is 5.75 Å². The molecule has 5 nitrogen and oxygen atoms in total. The number of ketones is 1. The normalized spacial score (nSPS) is 15.2. The number of rotatable bonds is 7. The number of hydrogen-bond acceptors (Lipinski definition) is 4. The average molecular weight is 392 g/mol. The summed E-state index contributed by atoms with van der Waals surface area (Å²) < 4.78 is 5.14. The third-order valence-corrected chi connectivity index (χ3v) is 5.23. The Kier molecular flexibility index (Phi) is 7.19. The van der Waals surface area contributed by atoms with Crippen LogP contribution in [0.25, 0.3) is 6.08 Å². The van der Waals surface area contributed by atoms with Crippen LogP contribution in [-0.4, -0.2) is 61.3 Å². The molecule has 1 saturated heterocycles. The van der Waals surface area contributed by atoms with E-state index in [4.69, 9.17) is 4.74 Å². The second-order valence-electron chi connectivity index (χ2n) is 7.15. The monoisotopic (exact) mass is 392 g/mol. The summed E-state index contributed by atoms with van der Waals surface area (Å²) in [6.07, 6.45) is 2.67. The van der Waals surface area contributed by atoms with Gasteiger partial charge in [-0.3, -0.25) is 14.5 Å². The number of amides is 1. The van der Waals surface area contributed by atoms with E-state index in [0.717, 1.165) is 16.9 Å². The highest BCUT2D eigenvalue weighted by Crippen LogP contribution is 2.16. The fraction of sp³-hybridized carbons (Fsp3) is 0.333. The van der Waals surface area contributed by atoms with Gasteiger partial charge in [0.25, 0.3) is 0 Å². The summed E-state index contributed by atoms with van der Waals surface area (Å²) in [5, 5.41) is 0. The summed E-state index contributed by atoms with van der Waals surface area (Å²) in [7, 11) is 1.61. The molecule has 0 aromatic heterocycles. The second kappa shape index (κ2) is 10.0. The fourth-order valence-corrected chi connectivity index (χ4v) is 3.45. The highest BCUT2D eigenvalue weighted by atomic mass is 16.5. The van der Waals surface area contributed by atoms with Gasteiger partial charge in [0.2, 0.25) is 5.91 Å². The van der Waals surface area contributed by atoms with Crippen LogP contribution in [0.4, 0.5) is 0 Å². The van der Waals surface area contributed by atoms with E-state index in [9.17, 15) is 9.59 Å². The number of hydrogen-bond donors (Lipinski definition) is 0. The van der Waals surface area contributed by atoms with Crippen molar-refractivity contribution in [1.82, 2.24) is 9.80 Å². The Bertz CT molecular complexity index is 851. The van der Waals surface area contributed by atoms with Gasteiger partial charge in [-0.05, 0) is 42.3 Å². The number of ether oxygens (including phenoxy) is 1. The molecular formula is C24H28N2O3. The molecule has 0 unspecified atom stereocenters. The van der Waals surface area contributed by atoms with Crippen LogP contribution in [0.2, 0.25) is 0 Å². The minimum absolute atomic E-state index is 0.0886. The Morgan fingerprint density at radius 3 is 2.21 bits per heavy atom. The lowest BCUT2D eigenvalue weighted by Crippen LogP contribution is -2.50. The van der Waals surface area contributed by atoms with Crippen molar-refractivity contribution < 1.29 is 14.3 Å². The van der Waals surface area contributed by atoms with Crippen molar-refractivity contribution in [3.05, 3.63) is 71.3 Å². The summed E-state index contributed by atoms with van der Waals surface area (Å²) in [6.45, 7) is 5.07. The second-order valence-corrected chi connectivity index (χ2v) is 7.15. The molecule has 1 fully saturated rings. The van der Waals surface area contributed by atoms with E-state index in [-0.39, 0.29) is 11.7 Å². The Morgan fingerprint density at radius 2 is 1.62 bits per heavy atom. The molecule has 2 aromatic rings. The minimum atomic E-state index is 0.0886. The van der Waals surface area contributed by atoms with Crippen molar-refractivity contribution >= 4 is 17.8 Å². The predicted octanol–water partition coefficient (Wildman–Crippen LogP) is 3.52. The maximum atomic E-state index is 12.9. The summed E-state index contributed by atoms with van der Waals surface area (Å²) in [5.74, 6) is 0.923. The lowest BCUT2D eigenvalue weighted by molar-refractivity contribution is -0.128. The summed E-state index contributed by atoms with van der Waals surface area (Å²) in [6, 6.07) is 17.1. The van der Waals surface area contributed by atoms with Gasteiger partial charge in [-0.25, -0.2) is 0 Å². The zero-order valence-electron chi connectivity index (χ0n) is 17.1. The number of benzene rings is 2. The van der Waals surface area contributed by atoms with Crippen LogP contribution in [-0.2, 0) is 4.79 Å². The first-order valence-electron chi connectivity index (χ1n) is 10.0. The molecule has 152 valence electrons. The molecule has 3 rings (SSSR count). The summed E-state index contributed by atoms with van der Waals surface area (Å²) in [4.78, 5) is 29.4. The number of methoxy groups -OCH3 is 1. The van der Waals surface area contributed by atoms with Crippen LogP contribution in [0, 0.1) is 0 Å². The van der Waals surface area contributed by atoms with Crippen molar-refractivity contribution in [2.75, 3.05) is 39.8 Å². The average Bonchev–Trinajstić information content (AvgIpc) is 2.78. The minimum Gasteiger partial charge on any atom is -0.497 e. The van der Waals surface area contributed by atoms with Crippen LogP contribution in [0.15, 0.2) is 60.2 Å². The lowest BCUT2D eigenvalue weighted by Gasteiger charge is -2.34. The highest BCUT2D eigenvalue weighted by Gasteiger charge is 2.24. The molecule has 0 bridgehead atoms. The molecule has 2 aromatic carbocycles. The Balaban J connectivity index is 1.54. The summed E-state index contributed by atoms with van der Waals surface area (Å²) in [5.41, 5.74) is 2.55. The van der Waals surface area contributed by atoms with E-state index in [0.29, 0.717) is 44.7 Å². The van der Waals surface area contributed by atoms with Gasteiger partial charge >= 0.3 is 0 Å². The van der Waals surface area contributed by atoms with Crippen molar-refractivity contribution in [1.29, 1.82) is 0 Å². The Morgan fingerprint density at radius 1 is 0.966 bits per heavy atom. The van der Waals surface area contributed by atoms with Gasteiger partial charge in [0.05, 0.1) is 13.7 Å². The maximum Gasteiger partial charge on any atom is 0.249 e. The predicted molar refractivity (Wildman–Crippen MR) is 115 cm³/mol. The van der Waals surface area contributed by atoms with Crippen LogP contribution in [0.1, 0.15) is 29.3 Å². The maximum absolute atomic E-state index is 12.9. The first kappa shape index (κ1) is 20.8. The van der Waals surface area contributed by atoms with E-state index in [2.05, 4.69) is 4.90 Å². The van der Waals surface area contributed by atoms with Gasteiger partial charge in [0.1, 0.15) is 5.75 Å². The number of piperazine rings is 1. The van der Waals surface area contributed by atoms with Crippen molar-refractivity contribution in [2.45, 2.75) is 13.3 Å². The van der Waals surface area contributed by atoms with Gasteiger partial charge in [-0.15, -0.1) is 0 Å². The largest absolute Gasteiger partial charge is 0.497 e. The molecule has 1 amide bonds. The molecule has 0 aliphatic carbocycles. The molecular weight excluding hydrogens is 364 g/mol. The standard InChI is InChI=1S/C24H28N2O3/c1-3-20(17-19-7-5-4-6-8-19)24(28)26-15-13-25(14-16-26)18-23(27)21-9-11-22(29-2)12-10-21/h4-12,17H,3,13-16,18H2,1-2H3/b20-17+. The molecule has 1 heterocycles. The van der Waals surface area contributed by atoms with E-state index in [1.54, 1.807) is 31.4 Å². The highest BCUT2D eigenvalue weighted by molar-refractivity contribution is 5.98. The van der Waals surface area contributed by atoms with E-state index >= 15 is 0 Å². The molecule has 0 radical (unpaired) electrons. The van der Waals surface area contributed by atoms with Gasteiger partial charge < -0.3 is 9.64 Å². The van der Waals surface area contributed by atoms with Crippen LogP contribution >= 0.6 is 0 Å². The fourth-order valence-electron chi connectivity index (χ4n) is 3.45. The molecule has 0 atom stereocenters. The molecule has 0 saturated carbocycles. The molecule has 1 aliphatic rings. The Labute approximate surface area is 172 Å². The molecule has 29 heavy (non-hydrogen) atoms. The first-order chi connectivity index (χ1) is 14.1. The van der Waals surface area contributed by atoms with Gasteiger partial charge in [-0.2, -0.15) is 0 Å². The number of nitrogens with zero attached hydrogens (tertiary/aromatic N) is 2. The molecule has 5 heteroatoms. The number of carbonyl (C=O) groups excluding carboxylic acids is 2. The zero-order valence-corrected chi connectivity index (χ0v) is 17.1. The topological polar surface area (TPSA) is 49.9 Å². The molecule has 1 aliphatic heterocycles. The quantitative estimate of drug-likeness (QED) is 0.534. The summed E-state index contributed by atoms with van der Waals surface area (Å²) >= 11 is 0. The van der Waals surface area contributed by atoms with Crippen LogP contribution in [0.5, 0.6) is 5.75 Å². The van der Waals surface area contributed by atoms with Crippen LogP contribution < -0.4 is 4.74 Å². The van der Waals surface area contributed by atoms with Crippen molar-refractivity contribution in [3.63, 3.8) is 0 Å². The zero-order chi connectivity index (χ0) is 20.6. The third-order valence-electron chi connectivity index (χ3n) is 5.23. The van der Waals surface area contributed by atoms with Gasteiger partial charge in [0.15, 0.2) is 5.78 Å². The van der Waals surface area contributed by atoms with E-state index in [1.165, 1.54) is 0 Å². The van der Waals surface area contributed by atoms with Crippen LogP contribution in [0.3, 0.4) is 0 Å². The lowest BCUT2D eigenvalue weighted by atomic mass is 10.1. The van der Waals surface area contributed by atoms with Gasteiger partial charge in [-0.1, -0.05) is 37.3 Å². The van der Waals surface area contributed by atoms with E-state index < -0.39 is 0 Å². The van der Waals surface area contributed by atoms with Crippen molar-refractivity contribution in [2.24, 2.45) is 0 Å². The third kappa shape index (κ3) is 5.55. The SMILES string of the molecule is CC/C(=C\c1ccccc1)C(=O)N1CCN(CC(=O)c2ccc(OC)cc2)CC1.